The fraction of sp³-hybridized carbons (Fsp3) is 0.0588. The van der Waals surface area contributed by atoms with E-state index >= 15 is 0 Å². The molecule has 0 unspecified atom stereocenters. The number of carbonyl (C=O) groups is 1. The molecule has 0 fully saturated rings. The lowest BCUT2D eigenvalue weighted by atomic mass is 10.3. The Morgan fingerprint density at radius 3 is 2.33 bits per heavy atom. The molecular formula is C17H13FN4O2. The van der Waals surface area contributed by atoms with E-state index in [9.17, 15) is 9.18 Å². The number of ether oxygens (including phenoxy) is 1. The molecule has 0 aliphatic carbocycles. The fourth-order valence-electron chi connectivity index (χ4n) is 1.84. The predicted octanol–water partition coefficient (Wildman–Crippen LogP) is 3.36. The molecule has 24 heavy (non-hydrogen) atoms. The van der Waals surface area contributed by atoms with Gasteiger partial charge in [-0.15, -0.1) is 0 Å². The Labute approximate surface area is 137 Å². The van der Waals surface area contributed by atoms with Crippen LogP contribution in [0.3, 0.4) is 0 Å². The number of halogens is 1. The van der Waals surface area contributed by atoms with Crippen molar-refractivity contribution in [3.8, 4) is 11.5 Å². The maximum atomic E-state index is 12.8. The summed E-state index contributed by atoms with van der Waals surface area (Å²) in [6.07, 6.45) is 4.37. The minimum Gasteiger partial charge on any atom is -0.456 e. The summed E-state index contributed by atoms with van der Waals surface area (Å²) in [5, 5.41) is 2.62. The topological polar surface area (TPSA) is 77.0 Å². The van der Waals surface area contributed by atoms with E-state index in [0.717, 1.165) is 5.69 Å². The number of carbonyl (C=O) groups excluding carboxylic acids is 1. The molecule has 1 aromatic carbocycles. The van der Waals surface area contributed by atoms with Crippen LogP contribution in [0.25, 0.3) is 0 Å². The zero-order valence-electron chi connectivity index (χ0n) is 12.7. The van der Waals surface area contributed by atoms with Crippen LogP contribution in [0, 0.1) is 12.7 Å². The number of aryl methyl sites for hydroxylation is 1. The molecule has 0 aliphatic rings. The smallest absolute Gasteiger partial charge is 0.277 e. The number of pyridine rings is 1. The third kappa shape index (κ3) is 3.89. The molecule has 3 rings (SSSR count). The Balaban J connectivity index is 1.64. The van der Waals surface area contributed by atoms with Crippen LogP contribution in [0.5, 0.6) is 11.5 Å². The summed E-state index contributed by atoms with van der Waals surface area (Å²) in [4.78, 5) is 24.1. The van der Waals surface area contributed by atoms with E-state index in [1.807, 2.05) is 0 Å². The van der Waals surface area contributed by atoms with Crippen LogP contribution in [-0.4, -0.2) is 20.9 Å². The van der Waals surface area contributed by atoms with E-state index in [1.54, 1.807) is 19.1 Å². The van der Waals surface area contributed by atoms with Gasteiger partial charge in [-0.1, -0.05) is 0 Å². The first kappa shape index (κ1) is 15.5. The Morgan fingerprint density at radius 2 is 1.71 bits per heavy atom. The van der Waals surface area contributed by atoms with E-state index in [-0.39, 0.29) is 11.5 Å². The summed E-state index contributed by atoms with van der Waals surface area (Å²) in [7, 11) is 0. The van der Waals surface area contributed by atoms with Crippen molar-refractivity contribution in [2.75, 3.05) is 5.32 Å². The van der Waals surface area contributed by atoms with Gasteiger partial charge in [-0.2, -0.15) is 0 Å². The third-order valence-electron chi connectivity index (χ3n) is 3.04. The normalized spacial score (nSPS) is 10.2. The second-order valence-electron chi connectivity index (χ2n) is 4.93. The van der Waals surface area contributed by atoms with Gasteiger partial charge >= 0.3 is 0 Å². The molecule has 1 N–H and O–H groups in total. The Morgan fingerprint density at radius 1 is 0.958 bits per heavy atom. The van der Waals surface area contributed by atoms with Crippen molar-refractivity contribution in [2.24, 2.45) is 0 Å². The number of anilines is 1. The minimum atomic E-state index is -0.401. The first-order valence-corrected chi connectivity index (χ1v) is 7.09. The largest absolute Gasteiger partial charge is 0.456 e. The average Bonchev–Trinajstić information content (AvgIpc) is 2.59. The Hall–Kier alpha value is -3.35. The highest BCUT2D eigenvalue weighted by Gasteiger charge is 2.09. The van der Waals surface area contributed by atoms with Gasteiger partial charge in [0.05, 0.1) is 18.1 Å². The van der Waals surface area contributed by atoms with E-state index in [1.165, 1.54) is 42.9 Å². The molecule has 2 heterocycles. The van der Waals surface area contributed by atoms with Crippen LogP contribution in [-0.2, 0) is 0 Å². The van der Waals surface area contributed by atoms with Crippen LogP contribution in [0.4, 0.5) is 10.2 Å². The van der Waals surface area contributed by atoms with Crippen molar-refractivity contribution in [3.05, 3.63) is 72.2 Å². The quantitative estimate of drug-likeness (QED) is 0.796. The van der Waals surface area contributed by atoms with Gasteiger partial charge in [0.15, 0.2) is 0 Å². The van der Waals surface area contributed by atoms with Crippen molar-refractivity contribution >= 4 is 11.7 Å². The van der Waals surface area contributed by atoms with Gasteiger partial charge in [0.1, 0.15) is 28.8 Å². The number of rotatable bonds is 4. The first-order chi connectivity index (χ1) is 11.6. The van der Waals surface area contributed by atoms with Gasteiger partial charge in [0, 0.05) is 6.20 Å². The summed E-state index contributed by atoms with van der Waals surface area (Å²) >= 11 is 0. The highest BCUT2D eigenvalue weighted by Crippen LogP contribution is 2.21. The van der Waals surface area contributed by atoms with Crippen LogP contribution in [0.2, 0.25) is 0 Å². The molecule has 0 bridgehead atoms. The number of nitrogens with zero attached hydrogens (tertiary/aromatic N) is 3. The molecule has 3 aromatic rings. The molecule has 7 heteroatoms. The monoisotopic (exact) mass is 324 g/mol. The van der Waals surface area contributed by atoms with Gasteiger partial charge in [-0.05, 0) is 43.3 Å². The standard InChI is InChI=1S/C17H13FN4O2/c1-11-8-20-15(10-19-11)17(23)22-16-7-6-14(9-21-16)24-13-4-2-12(18)3-5-13/h2-10H,1H3,(H,21,22,23). The van der Waals surface area contributed by atoms with Crippen molar-refractivity contribution in [1.29, 1.82) is 0 Å². The van der Waals surface area contributed by atoms with E-state index in [2.05, 4.69) is 20.3 Å². The lowest BCUT2D eigenvalue weighted by Gasteiger charge is -2.07. The third-order valence-corrected chi connectivity index (χ3v) is 3.04. The molecule has 0 saturated carbocycles. The van der Waals surface area contributed by atoms with Crippen molar-refractivity contribution < 1.29 is 13.9 Å². The van der Waals surface area contributed by atoms with Gasteiger partial charge < -0.3 is 10.1 Å². The highest BCUT2D eigenvalue weighted by atomic mass is 19.1. The van der Waals surface area contributed by atoms with E-state index < -0.39 is 5.91 Å². The highest BCUT2D eigenvalue weighted by molar-refractivity contribution is 6.02. The zero-order chi connectivity index (χ0) is 16.9. The molecule has 0 spiro atoms. The number of aromatic nitrogens is 3. The number of nitrogens with one attached hydrogen (secondary N) is 1. The van der Waals surface area contributed by atoms with Crippen LogP contribution < -0.4 is 10.1 Å². The lowest BCUT2D eigenvalue weighted by Crippen LogP contribution is -2.14. The summed E-state index contributed by atoms with van der Waals surface area (Å²) in [6.45, 7) is 1.79. The summed E-state index contributed by atoms with van der Waals surface area (Å²) in [6, 6.07) is 8.88. The second kappa shape index (κ2) is 6.82. The van der Waals surface area contributed by atoms with Crippen molar-refractivity contribution in [2.45, 2.75) is 6.92 Å². The summed E-state index contributed by atoms with van der Waals surface area (Å²) in [5.41, 5.74) is 0.931. The number of hydrogen-bond donors (Lipinski definition) is 1. The minimum absolute atomic E-state index is 0.203. The van der Waals surface area contributed by atoms with Gasteiger partial charge in [-0.3, -0.25) is 9.78 Å². The molecule has 6 nitrogen and oxygen atoms in total. The SMILES string of the molecule is Cc1cnc(C(=O)Nc2ccc(Oc3ccc(F)cc3)cn2)cn1. The first-order valence-electron chi connectivity index (χ1n) is 7.09. The number of benzene rings is 1. The Kier molecular flexibility index (Phi) is 4.42. The molecule has 0 radical (unpaired) electrons. The molecule has 2 aromatic heterocycles. The maximum Gasteiger partial charge on any atom is 0.277 e. The maximum absolute atomic E-state index is 12.8. The van der Waals surface area contributed by atoms with Gasteiger partial charge in [0.2, 0.25) is 0 Å². The molecular weight excluding hydrogens is 311 g/mol. The molecule has 120 valence electrons. The molecule has 0 atom stereocenters. The van der Waals surface area contributed by atoms with Crippen LogP contribution >= 0.6 is 0 Å². The molecule has 0 aliphatic heterocycles. The van der Waals surface area contributed by atoms with E-state index in [0.29, 0.717) is 17.3 Å². The fourth-order valence-corrected chi connectivity index (χ4v) is 1.84. The summed E-state index contributed by atoms with van der Waals surface area (Å²) < 4.78 is 18.4. The summed E-state index contributed by atoms with van der Waals surface area (Å²) in [5.74, 6) is 0.577. The van der Waals surface area contributed by atoms with Crippen molar-refractivity contribution in [3.63, 3.8) is 0 Å². The van der Waals surface area contributed by atoms with Gasteiger partial charge in [0.25, 0.3) is 5.91 Å². The lowest BCUT2D eigenvalue weighted by molar-refractivity contribution is 0.102. The second-order valence-corrected chi connectivity index (χ2v) is 4.93. The van der Waals surface area contributed by atoms with Crippen molar-refractivity contribution in [1.82, 2.24) is 15.0 Å². The number of hydrogen-bond acceptors (Lipinski definition) is 5. The van der Waals surface area contributed by atoms with Gasteiger partial charge in [-0.25, -0.2) is 14.4 Å². The molecule has 1 amide bonds. The molecule has 0 saturated heterocycles. The van der Waals surface area contributed by atoms with Crippen LogP contribution in [0.1, 0.15) is 16.2 Å². The zero-order valence-corrected chi connectivity index (χ0v) is 12.7. The average molecular weight is 324 g/mol. The van der Waals surface area contributed by atoms with Crippen LogP contribution in [0.15, 0.2) is 55.0 Å². The number of amides is 1. The van der Waals surface area contributed by atoms with E-state index in [4.69, 9.17) is 4.74 Å². The predicted molar refractivity (Wildman–Crippen MR) is 85.4 cm³/mol. The Bertz CT molecular complexity index is 834.